The van der Waals surface area contributed by atoms with Crippen molar-refractivity contribution in [3.05, 3.63) is 78.7 Å². The lowest BCUT2D eigenvalue weighted by molar-refractivity contribution is 0.646. The van der Waals surface area contributed by atoms with Gasteiger partial charge in [-0.25, -0.2) is 14.8 Å². The van der Waals surface area contributed by atoms with E-state index < -0.39 is 0 Å². The highest BCUT2D eigenvalue weighted by molar-refractivity contribution is 9.10. The molecule has 4 rings (SSSR count). The van der Waals surface area contributed by atoms with Gasteiger partial charge in [0, 0.05) is 34.9 Å². The van der Waals surface area contributed by atoms with Crippen molar-refractivity contribution in [1.82, 2.24) is 24.1 Å². The molecule has 0 fully saturated rings. The van der Waals surface area contributed by atoms with Gasteiger partial charge in [0.2, 0.25) is 0 Å². The summed E-state index contributed by atoms with van der Waals surface area (Å²) in [6.07, 6.45) is 2.40. The van der Waals surface area contributed by atoms with E-state index in [0.29, 0.717) is 41.0 Å². The van der Waals surface area contributed by atoms with Crippen LogP contribution in [0, 0.1) is 0 Å². The molecule has 1 N–H and O–H groups in total. The minimum atomic E-state index is -0.0859. The van der Waals surface area contributed by atoms with Crippen LogP contribution in [0.4, 0.5) is 0 Å². The number of halogens is 3. The number of aromatic amines is 1. The molecule has 9 heteroatoms. The third-order valence-electron chi connectivity index (χ3n) is 4.51. The van der Waals surface area contributed by atoms with Crippen molar-refractivity contribution in [3.8, 4) is 0 Å². The van der Waals surface area contributed by atoms with Crippen LogP contribution in [-0.4, -0.2) is 24.1 Å². The molecule has 0 aliphatic carbocycles. The van der Waals surface area contributed by atoms with Crippen molar-refractivity contribution in [2.24, 2.45) is 0 Å². The molecular weight excluding hydrogens is 465 g/mol. The Morgan fingerprint density at radius 3 is 2.75 bits per heavy atom. The molecule has 0 radical (unpaired) electrons. The minimum Gasteiger partial charge on any atom is -0.339 e. The van der Waals surface area contributed by atoms with Gasteiger partial charge >= 0.3 is 5.69 Å². The van der Waals surface area contributed by atoms with Crippen LogP contribution in [0.2, 0.25) is 10.0 Å². The molecule has 0 atom stereocenters. The molecule has 144 valence electrons. The fourth-order valence-corrected chi connectivity index (χ4v) is 3.97. The fraction of sp³-hybridized carbons (Fsp3) is 0.211. The topological polar surface area (TPSA) is 68.5 Å². The quantitative estimate of drug-likeness (QED) is 0.422. The van der Waals surface area contributed by atoms with Gasteiger partial charge in [-0.05, 0) is 52.7 Å². The summed E-state index contributed by atoms with van der Waals surface area (Å²) in [5.74, 6) is 0.673. The first kappa shape index (κ1) is 19.2. The van der Waals surface area contributed by atoms with Gasteiger partial charge in [-0.3, -0.25) is 9.13 Å². The smallest absolute Gasteiger partial charge is 0.328 e. The van der Waals surface area contributed by atoms with E-state index in [2.05, 4.69) is 30.9 Å². The van der Waals surface area contributed by atoms with Crippen molar-refractivity contribution >= 4 is 50.3 Å². The summed E-state index contributed by atoms with van der Waals surface area (Å²) >= 11 is 15.6. The largest absolute Gasteiger partial charge is 0.339 e. The highest BCUT2D eigenvalue weighted by Crippen LogP contribution is 2.23. The number of nitrogens with zero attached hydrogens (tertiary/aromatic N) is 4. The van der Waals surface area contributed by atoms with E-state index in [1.807, 2.05) is 31.3 Å². The number of imidazole rings is 2. The van der Waals surface area contributed by atoms with Gasteiger partial charge in [0.05, 0.1) is 12.1 Å². The summed E-state index contributed by atoms with van der Waals surface area (Å²) in [4.78, 5) is 24.9. The van der Waals surface area contributed by atoms with Gasteiger partial charge in [0.25, 0.3) is 0 Å². The van der Waals surface area contributed by atoms with E-state index in [-0.39, 0.29) is 5.69 Å². The lowest BCUT2D eigenvalue weighted by Crippen LogP contribution is -2.25. The first-order valence-electron chi connectivity index (χ1n) is 8.68. The Morgan fingerprint density at radius 1 is 1.18 bits per heavy atom. The van der Waals surface area contributed by atoms with E-state index >= 15 is 0 Å². The van der Waals surface area contributed by atoms with Crippen molar-refractivity contribution in [1.29, 1.82) is 0 Å². The fourth-order valence-electron chi connectivity index (χ4n) is 3.19. The van der Waals surface area contributed by atoms with Gasteiger partial charge < -0.3 is 4.98 Å². The maximum absolute atomic E-state index is 12.8. The number of fused-ring (bicyclic) bond motifs is 1. The molecule has 1 aromatic carbocycles. The van der Waals surface area contributed by atoms with E-state index in [4.69, 9.17) is 23.2 Å². The molecule has 28 heavy (non-hydrogen) atoms. The summed E-state index contributed by atoms with van der Waals surface area (Å²) in [5, 5.41) is 1.17. The van der Waals surface area contributed by atoms with Crippen LogP contribution in [0.5, 0.6) is 0 Å². The zero-order valence-corrected chi connectivity index (χ0v) is 18.0. The number of rotatable bonds is 5. The van der Waals surface area contributed by atoms with Crippen molar-refractivity contribution in [2.75, 3.05) is 0 Å². The number of aromatic nitrogens is 5. The van der Waals surface area contributed by atoms with Crippen molar-refractivity contribution < 1.29 is 0 Å². The minimum absolute atomic E-state index is 0.0859. The highest BCUT2D eigenvalue weighted by atomic mass is 79.9. The molecule has 6 nitrogen and oxygen atoms in total. The van der Waals surface area contributed by atoms with E-state index in [9.17, 15) is 4.79 Å². The molecule has 0 bridgehead atoms. The molecule has 0 aliphatic heterocycles. The summed E-state index contributed by atoms with van der Waals surface area (Å²) in [6.45, 7) is 2.85. The van der Waals surface area contributed by atoms with Crippen LogP contribution in [0.15, 0.2) is 45.9 Å². The van der Waals surface area contributed by atoms with Crippen LogP contribution in [0.25, 0.3) is 11.2 Å². The monoisotopic (exact) mass is 479 g/mol. The van der Waals surface area contributed by atoms with Gasteiger partial charge in [-0.15, -0.1) is 0 Å². The van der Waals surface area contributed by atoms with E-state index in [1.165, 1.54) is 0 Å². The molecule has 0 unspecified atom stereocenters. The normalized spacial score (nSPS) is 11.4. The standard InChI is InChI=1S/C19H16BrCl2N5O/c1-2-27-13(7-11-3-4-12(21)8-14(11)22)9-26(19(27)28)10-17-23-15-5-6-16(20)24-18(15)25-17/h3-6,8-9H,2,7,10H2,1H3,(H,23,24,25). The number of H-pyrrole nitrogens is 1. The number of nitrogens with one attached hydrogen (secondary N) is 1. The van der Waals surface area contributed by atoms with Crippen LogP contribution < -0.4 is 5.69 Å². The Bertz CT molecular complexity index is 1230. The second kappa shape index (κ2) is 7.73. The number of pyridine rings is 1. The summed E-state index contributed by atoms with van der Waals surface area (Å²) in [7, 11) is 0. The van der Waals surface area contributed by atoms with Crippen LogP contribution >= 0.6 is 39.1 Å². The lowest BCUT2D eigenvalue weighted by Gasteiger charge is -2.06. The summed E-state index contributed by atoms with van der Waals surface area (Å²) < 4.78 is 4.10. The maximum Gasteiger partial charge on any atom is 0.328 e. The highest BCUT2D eigenvalue weighted by Gasteiger charge is 2.14. The van der Waals surface area contributed by atoms with Crippen LogP contribution in [0.1, 0.15) is 24.0 Å². The average molecular weight is 481 g/mol. The third kappa shape index (κ3) is 3.74. The Kier molecular flexibility index (Phi) is 5.31. The van der Waals surface area contributed by atoms with E-state index in [0.717, 1.165) is 21.4 Å². The van der Waals surface area contributed by atoms with Crippen LogP contribution in [0.3, 0.4) is 0 Å². The molecule has 3 aromatic heterocycles. The Hall–Kier alpha value is -2.09. The Morgan fingerprint density at radius 2 is 2.00 bits per heavy atom. The summed E-state index contributed by atoms with van der Waals surface area (Å²) in [5.41, 5.74) is 3.16. The molecule has 0 saturated heterocycles. The lowest BCUT2D eigenvalue weighted by atomic mass is 10.1. The van der Waals surface area contributed by atoms with Crippen molar-refractivity contribution in [3.63, 3.8) is 0 Å². The molecule has 0 amide bonds. The van der Waals surface area contributed by atoms with Gasteiger partial charge in [0.1, 0.15) is 10.4 Å². The maximum atomic E-state index is 12.8. The molecule has 0 saturated carbocycles. The molecule has 4 aromatic rings. The first-order chi connectivity index (χ1) is 13.4. The molecule has 0 aliphatic rings. The SMILES string of the molecule is CCn1c(Cc2ccc(Cl)cc2Cl)cn(Cc2nc3nc(Br)ccc3[nH]2)c1=O. The predicted molar refractivity (Wildman–Crippen MR) is 114 cm³/mol. The summed E-state index contributed by atoms with van der Waals surface area (Å²) in [6, 6.07) is 9.14. The average Bonchev–Trinajstić information content (AvgIpc) is 3.17. The molecule has 3 heterocycles. The van der Waals surface area contributed by atoms with Gasteiger partial charge in [-0.1, -0.05) is 29.3 Å². The number of benzene rings is 1. The Balaban J connectivity index is 1.67. The second-order valence-electron chi connectivity index (χ2n) is 6.38. The molecular formula is C19H16BrCl2N5O. The zero-order chi connectivity index (χ0) is 19.8. The van der Waals surface area contributed by atoms with Crippen molar-refractivity contribution in [2.45, 2.75) is 26.4 Å². The second-order valence-corrected chi connectivity index (χ2v) is 8.03. The Labute approximate surface area is 179 Å². The zero-order valence-electron chi connectivity index (χ0n) is 14.9. The number of hydrogen-bond acceptors (Lipinski definition) is 3. The molecule has 0 spiro atoms. The number of hydrogen-bond donors (Lipinski definition) is 1. The predicted octanol–water partition coefficient (Wildman–Crippen LogP) is 4.65. The first-order valence-corrected chi connectivity index (χ1v) is 10.2. The third-order valence-corrected chi connectivity index (χ3v) is 5.54. The van der Waals surface area contributed by atoms with Gasteiger partial charge in [-0.2, -0.15) is 0 Å². The van der Waals surface area contributed by atoms with Gasteiger partial charge in [0.15, 0.2) is 5.65 Å². The van der Waals surface area contributed by atoms with E-state index in [1.54, 1.807) is 21.3 Å². The van der Waals surface area contributed by atoms with Crippen LogP contribution in [-0.2, 0) is 19.5 Å².